The van der Waals surface area contributed by atoms with Gasteiger partial charge in [-0.15, -0.1) is 0 Å². The van der Waals surface area contributed by atoms with Gasteiger partial charge in [0, 0.05) is 12.6 Å². The lowest BCUT2D eigenvalue weighted by Gasteiger charge is -2.06. The average molecular weight is 222 g/mol. The Morgan fingerprint density at radius 3 is 2.80 bits per heavy atom. The summed E-state index contributed by atoms with van der Waals surface area (Å²) >= 11 is 1.43. The number of hydrogen-bond donors (Lipinski definition) is 2. The molecule has 0 spiro atoms. The van der Waals surface area contributed by atoms with E-state index in [-0.39, 0.29) is 0 Å². The number of aromatic amines is 1. The van der Waals surface area contributed by atoms with Gasteiger partial charge in [0.05, 0.1) is 0 Å². The van der Waals surface area contributed by atoms with Crippen molar-refractivity contribution in [2.24, 2.45) is 0 Å². The molecule has 0 unspecified atom stereocenters. The molecule has 0 bridgehead atoms. The minimum absolute atomic E-state index is 0.721. The molecule has 15 heavy (non-hydrogen) atoms. The van der Waals surface area contributed by atoms with Crippen LogP contribution in [0.15, 0.2) is 22.8 Å². The summed E-state index contributed by atoms with van der Waals surface area (Å²) in [5, 5.41) is 11.1. The summed E-state index contributed by atoms with van der Waals surface area (Å²) < 4.78 is 0. The van der Waals surface area contributed by atoms with Crippen molar-refractivity contribution in [2.75, 3.05) is 12.4 Å². The van der Waals surface area contributed by atoms with Gasteiger partial charge in [0.25, 0.3) is 0 Å². The molecule has 6 nitrogen and oxygen atoms in total. The third-order valence-electron chi connectivity index (χ3n) is 1.86. The molecule has 0 atom stereocenters. The monoisotopic (exact) mass is 222 g/mol. The van der Waals surface area contributed by atoms with Crippen molar-refractivity contribution in [2.45, 2.75) is 17.1 Å². The zero-order valence-electron chi connectivity index (χ0n) is 8.35. The van der Waals surface area contributed by atoms with E-state index in [4.69, 9.17) is 0 Å². The van der Waals surface area contributed by atoms with Crippen LogP contribution in [-0.2, 0) is 0 Å². The Hall–Kier alpha value is -1.63. The molecule has 0 radical (unpaired) electrons. The summed E-state index contributed by atoms with van der Waals surface area (Å²) in [7, 11) is 1.83. The first kappa shape index (κ1) is 9.91. The molecule has 2 rings (SSSR count). The predicted octanol–water partition coefficient (Wildman–Crippen LogP) is 1.10. The van der Waals surface area contributed by atoms with Gasteiger partial charge in [-0.2, -0.15) is 5.10 Å². The van der Waals surface area contributed by atoms with Gasteiger partial charge >= 0.3 is 0 Å². The van der Waals surface area contributed by atoms with Crippen LogP contribution in [0.1, 0.15) is 5.56 Å². The van der Waals surface area contributed by atoms with E-state index in [1.54, 1.807) is 0 Å². The fourth-order valence-electron chi connectivity index (χ4n) is 1.12. The Labute approximate surface area is 90.9 Å². The highest BCUT2D eigenvalue weighted by atomic mass is 32.2. The zero-order chi connectivity index (χ0) is 10.7. The Morgan fingerprint density at radius 1 is 1.27 bits per heavy atom. The van der Waals surface area contributed by atoms with Gasteiger partial charge in [0.15, 0.2) is 5.16 Å². The van der Waals surface area contributed by atoms with E-state index in [1.807, 2.05) is 14.0 Å². The quantitative estimate of drug-likeness (QED) is 0.757. The van der Waals surface area contributed by atoms with Crippen molar-refractivity contribution < 1.29 is 0 Å². The smallest absolute Gasteiger partial charge is 0.189 e. The molecule has 78 valence electrons. The van der Waals surface area contributed by atoms with Crippen molar-refractivity contribution in [3.05, 3.63) is 18.2 Å². The molecule has 7 heteroatoms. The van der Waals surface area contributed by atoms with Crippen molar-refractivity contribution >= 4 is 17.6 Å². The highest BCUT2D eigenvalue weighted by molar-refractivity contribution is 7.99. The summed E-state index contributed by atoms with van der Waals surface area (Å²) in [6, 6.07) is 0. The molecule has 0 saturated heterocycles. The second-order valence-electron chi connectivity index (χ2n) is 2.80. The fraction of sp³-hybridized carbons (Fsp3) is 0.250. The van der Waals surface area contributed by atoms with Crippen LogP contribution in [-0.4, -0.2) is 32.2 Å². The molecule has 0 aromatic carbocycles. The van der Waals surface area contributed by atoms with Crippen molar-refractivity contribution in [3.63, 3.8) is 0 Å². The number of hydrogen-bond acceptors (Lipinski definition) is 6. The highest BCUT2D eigenvalue weighted by Gasteiger charge is 2.08. The molecule has 2 aromatic heterocycles. The van der Waals surface area contributed by atoms with Crippen molar-refractivity contribution in [1.29, 1.82) is 0 Å². The van der Waals surface area contributed by atoms with E-state index in [0.717, 1.165) is 21.6 Å². The molecule has 0 fully saturated rings. The molecule has 0 aliphatic carbocycles. The number of nitrogens with one attached hydrogen (secondary N) is 2. The molecule has 0 amide bonds. The van der Waals surface area contributed by atoms with E-state index in [0.29, 0.717) is 0 Å². The standard InChI is InChI=1S/C8H10N6S/c1-5-6(9-2)10-3-11-7(5)15-8-12-4-13-14-8/h3-4H,1-2H3,(H,9,10,11)(H,12,13,14). The SMILES string of the molecule is CNc1ncnc(Sc2ncn[nH]2)c1C. The maximum absolute atomic E-state index is 4.19. The van der Waals surface area contributed by atoms with Crippen LogP contribution in [0.4, 0.5) is 5.82 Å². The third-order valence-corrected chi connectivity index (χ3v) is 2.86. The van der Waals surface area contributed by atoms with E-state index >= 15 is 0 Å². The maximum Gasteiger partial charge on any atom is 0.189 e. The summed E-state index contributed by atoms with van der Waals surface area (Å²) in [6.07, 6.45) is 3.00. The van der Waals surface area contributed by atoms with Crippen LogP contribution in [0.2, 0.25) is 0 Å². The van der Waals surface area contributed by atoms with Crippen molar-refractivity contribution in [1.82, 2.24) is 25.1 Å². The number of rotatable bonds is 3. The number of nitrogens with zero attached hydrogens (tertiary/aromatic N) is 4. The number of aromatic nitrogens is 5. The first-order valence-corrected chi connectivity index (χ1v) is 5.15. The topological polar surface area (TPSA) is 79.4 Å². The fourth-order valence-corrected chi connectivity index (χ4v) is 1.85. The second-order valence-corrected chi connectivity index (χ2v) is 3.77. The maximum atomic E-state index is 4.19. The van der Waals surface area contributed by atoms with E-state index in [2.05, 4.69) is 30.5 Å². The first-order chi connectivity index (χ1) is 7.31. The molecular formula is C8H10N6S. The van der Waals surface area contributed by atoms with Crippen LogP contribution >= 0.6 is 11.8 Å². The Bertz CT molecular complexity index is 440. The third kappa shape index (κ3) is 2.07. The second kappa shape index (κ2) is 4.26. The summed E-state index contributed by atoms with van der Waals surface area (Å²) in [6.45, 7) is 1.96. The number of H-pyrrole nitrogens is 1. The van der Waals surface area contributed by atoms with Crippen LogP contribution in [0.25, 0.3) is 0 Å². The van der Waals surface area contributed by atoms with Gasteiger partial charge in [-0.25, -0.2) is 15.0 Å². The normalized spacial score (nSPS) is 10.3. The lowest BCUT2D eigenvalue weighted by atomic mass is 10.3. The van der Waals surface area contributed by atoms with Crippen LogP contribution in [0, 0.1) is 6.92 Å². The van der Waals surface area contributed by atoms with Crippen molar-refractivity contribution in [3.8, 4) is 0 Å². The lowest BCUT2D eigenvalue weighted by molar-refractivity contribution is 0.954. The van der Waals surface area contributed by atoms with E-state index < -0.39 is 0 Å². The lowest BCUT2D eigenvalue weighted by Crippen LogP contribution is -1.98. The molecular weight excluding hydrogens is 212 g/mol. The number of anilines is 1. The average Bonchev–Trinajstić information content (AvgIpc) is 2.74. The molecule has 0 aliphatic heterocycles. The van der Waals surface area contributed by atoms with E-state index in [9.17, 15) is 0 Å². The summed E-state index contributed by atoms with van der Waals surface area (Å²) in [5.74, 6) is 0.826. The summed E-state index contributed by atoms with van der Waals surface area (Å²) in [5.41, 5.74) is 1.00. The zero-order valence-corrected chi connectivity index (χ0v) is 9.17. The first-order valence-electron chi connectivity index (χ1n) is 4.34. The van der Waals surface area contributed by atoms with Gasteiger partial charge in [-0.1, -0.05) is 0 Å². The van der Waals surface area contributed by atoms with Crippen LogP contribution in [0.5, 0.6) is 0 Å². The van der Waals surface area contributed by atoms with E-state index in [1.165, 1.54) is 24.4 Å². The summed E-state index contributed by atoms with van der Waals surface area (Å²) in [4.78, 5) is 12.3. The van der Waals surface area contributed by atoms with Gasteiger partial charge in [-0.05, 0) is 18.7 Å². The minimum Gasteiger partial charge on any atom is -0.373 e. The molecule has 2 heterocycles. The minimum atomic E-state index is 0.721. The van der Waals surface area contributed by atoms with Gasteiger partial charge in [-0.3, -0.25) is 5.10 Å². The molecule has 2 aromatic rings. The van der Waals surface area contributed by atoms with Gasteiger partial charge in [0.2, 0.25) is 0 Å². The molecule has 2 N–H and O–H groups in total. The molecule has 0 saturated carbocycles. The Balaban J connectivity index is 2.29. The predicted molar refractivity (Wildman–Crippen MR) is 56.8 cm³/mol. The Morgan fingerprint density at radius 2 is 2.13 bits per heavy atom. The highest BCUT2D eigenvalue weighted by Crippen LogP contribution is 2.27. The van der Waals surface area contributed by atoms with Crippen LogP contribution in [0.3, 0.4) is 0 Å². The molecule has 0 aliphatic rings. The van der Waals surface area contributed by atoms with Gasteiger partial charge < -0.3 is 5.32 Å². The largest absolute Gasteiger partial charge is 0.373 e. The van der Waals surface area contributed by atoms with Gasteiger partial charge in [0.1, 0.15) is 23.5 Å². The van der Waals surface area contributed by atoms with Crippen LogP contribution < -0.4 is 5.32 Å². The Kier molecular flexibility index (Phi) is 2.82.